The van der Waals surface area contributed by atoms with Gasteiger partial charge in [0.1, 0.15) is 0 Å². The molecule has 1 fully saturated rings. The topological polar surface area (TPSA) is 12.0 Å². The first-order valence-electron chi connectivity index (χ1n) is 6.98. The highest BCUT2D eigenvalue weighted by atomic mass is 32.1. The van der Waals surface area contributed by atoms with Gasteiger partial charge < -0.3 is 5.32 Å². The van der Waals surface area contributed by atoms with Gasteiger partial charge in [0.15, 0.2) is 0 Å². The van der Waals surface area contributed by atoms with Crippen molar-refractivity contribution in [3.8, 4) is 0 Å². The van der Waals surface area contributed by atoms with Crippen LogP contribution in [-0.2, 0) is 0 Å². The largest absolute Gasteiger partial charge is 0.306 e. The van der Waals surface area contributed by atoms with Crippen molar-refractivity contribution in [2.24, 2.45) is 11.8 Å². The van der Waals surface area contributed by atoms with Gasteiger partial charge in [-0.1, -0.05) is 32.8 Å². The fourth-order valence-electron chi connectivity index (χ4n) is 2.95. The molecular formula is C15H25NS. The lowest BCUT2D eigenvalue weighted by atomic mass is 9.95. The molecule has 1 aliphatic rings. The van der Waals surface area contributed by atoms with E-state index in [9.17, 15) is 0 Å². The first-order valence-corrected chi connectivity index (χ1v) is 7.86. The van der Waals surface area contributed by atoms with Crippen molar-refractivity contribution in [2.75, 3.05) is 0 Å². The van der Waals surface area contributed by atoms with Gasteiger partial charge in [-0.25, -0.2) is 0 Å². The summed E-state index contributed by atoms with van der Waals surface area (Å²) in [6.45, 7) is 7.01. The van der Waals surface area contributed by atoms with Crippen LogP contribution in [0.5, 0.6) is 0 Å². The van der Waals surface area contributed by atoms with Crippen LogP contribution in [-0.4, -0.2) is 6.04 Å². The van der Waals surface area contributed by atoms with Crippen LogP contribution in [0.1, 0.15) is 57.4 Å². The smallest absolute Gasteiger partial charge is 0.0440 e. The third-order valence-corrected chi connectivity index (χ3v) is 5.02. The van der Waals surface area contributed by atoms with Crippen molar-refractivity contribution >= 4 is 11.3 Å². The average Bonchev–Trinajstić information content (AvgIpc) is 2.97. The molecule has 17 heavy (non-hydrogen) atoms. The zero-order valence-electron chi connectivity index (χ0n) is 11.3. The zero-order valence-corrected chi connectivity index (χ0v) is 12.1. The standard InChI is InChI=1S/C15H25NS/c1-11(2)15(14-9-6-10-17-14)16-12(3)13-7-4-5-8-13/h6,9-13,15-16H,4-5,7-8H2,1-3H3. The Labute approximate surface area is 110 Å². The summed E-state index contributed by atoms with van der Waals surface area (Å²) in [5.41, 5.74) is 0. The molecule has 2 rings (SSSR count). The van der Waals surface area contributed by atoms with Gasteiger partial charge in [-0.15, -0.1) is 11.3 Å². The van der Waals surface area contributed by atoms with Crippen molar-refractivity contribution in [1.29, 1.82) is 0 Å². The van der Waals surface area contributed by atoms with Crippen LogP contribution >= 0.6 is 11.3 Å². The van der Waals surface area contributed by atoms with Gasteiger partial charge in [-0.2, -0.15) is 0 Å². The van der Waals surface area contributed by atoms with E-state index in [0.717, 1.165) is 5.92 Å². The SMILES string of the molecule is CC(C)C(NC(C)C1CCCC1)c1cccs1. The number of thiophene rings is 1. The maximum Gasteiger partial charge on any atom is 0.0440 e. The van der Waals surface area contributed by atoms with Crippen molar-refractivity contribution in [1.82, 2.24) is 5.32 Å². The Morgan fingerprint density at radius 1 is 1.24 bits per heavy atom. The van der Waals surface area contributed by atoms with Crippen LogP contribution in [0.2, 0.25) is 0 Å². The molecule has 96 valence electrons. The van der Waals surface area contributed by atoms with Crippen molar-refractivity contribution in [3.05, 3.63) is 22.4 Å². The molecular weight excluding hydrogens is 226 g/mol. The molecule has 0 spiro atoms. The number of rotatable bonds is 5. The number of hydrogen-bond donors (Lipinski definition) is 1. The van der Waals surface area contributed by atoms with E-state index in [1.54, 1.807) is 0 Å². The van der Waals surface area contributed by atoms with Crippen LogP contribution in [0.25, 0.3) is 0 Å². The first kappa shape index (κ1) is 13.1. The summed E-state index contributed by atoms with van der Waals surface area (Å²) in [5, 5.41) is 6.06. The molecule has 0 aliphatic heterocycles. The van der Waals surface area contributed by atoms with Crippen molar-refractivity contribution in [2.45, 2.75) is 58.5 Å². The van der Waals surface area contributed by atoms with E-state index < -0.39 is 0 Å². The Hall–Kier alpha value is -0.340. The Kier molecular flexibility index (Phi) is 4.63. The van der Waals surface area contributed by atoms with Crippen LogP contribution in [0.4, 0.5) is 0 Å². The second-order valence-corrected chi connectivity index (χ2v) is 6.72. The first-order chi connectivity index (χ1) is 8.18. The van der Waals surface area contributed by atoms with E-state index in [1.807, 2.05) is 11.3 Å². The van der Waals surface area contributed by atoms with E-state index in [2.05, 4.69) is 43.6 Å². The molecule has 1 aromatic heterocycles. The predicted molar refractivity (Wildman–Crippen MR) is 76.5 cm³/mol. The van der Waals surface area contributed by atoms with Gasteiger partial charge in [0.05, 0.1) is 0 Å². The molecule has 0 radical (unpaired) electrons. The van der Waals surface area contributed by atoms with Gasteiger partial charge in [0.25, 0.3) is 0 Å². The van der Waals surface area contributed by atoms with Crippen LogP contribution in [0.3, 0.4) is 0 Å². The molecule has 2 atom stereocenters. The summed E-state index contributed by atoms with van der Waals surface area (Å²) < 4.78 is 0. The summed E-state index contributed by atoms with van der Waals surface area (Å²) in [6, 6.07) is 5.62. The van der Waals surface area contributed by atoms with Crippen LogP contribution < -0.4 is 5.32 Å². The third-order valence-electron chi connectivity index (χ3n) is 4.07. The van der Waals surface area contributed by atoms with Crippen LogP contribution in [0.15, 0.2) is 17.5 Å². The summed E-state index contributed by atoms with van der Waals surface area (Å²) in [6.07, 6.45) is 5.71. The highest BCUT2D eigenvalue weighted by molar-refractivity contribution is 7.10. The van der Waals surface area contributed by atoms with E-state index in [4.69, 9.17) is 0 Å². The summed E-state index contributed by atoms with van der Waals surface area (Å²) in [4.78, 5) is 1.49. The molecule has 1 aliphatic carbocycles. The molecule has 1 nitrogen and oxygen atoms in total. The fourth-order valence-corrected chi connectivity index (χ4v) is 3.91. The Morgan fingerprint density at radius 3 is 2.47 bits per heavy atom. The molecule has 2 heteroatoms. The minimum atomic E-state index is 0.533. The number of nitrogens with one attached hydrogen (secondary N) is 1. The molecule has 2 unspecified atom stereocenters. The van der Waals surface area contributed by atoms with Crippen LogP contribution in [0, 0.1) is 11.8 Å². The van der Waals surface area contributed by atoms with Gasteiger partial charge >= 0.3 is 0 Å². The summed E-state index contributed by atoms with van der Waals surface area (Å²) in [5.74, 6) is 1.56. The minimum absolute atomic E-state index is 0.533. The van der Waals surface area contributed by atoms with Crippen molar-refractivity contribution < 1.29 is 0 Å². The third kappa shape index (κ3) is 3.32. The van der Waals surface area contributed by atoms with E-state index in [0.29, 0.717) is 18.0 Å². The maximum atomic E-state index is 3.87. The van der Waals surface area contributed by atoms with Gasteiger partial charge in [0.2, 0.25) is 0 Å². The molecule has 0 bridgehead atoms. The average molecular weight is 251 g/mol. The van der Waals surface area contributed by atoms with E-state index in [1.165, 1.54) is 30.6 Å². The zero-order chi connectivity index (χ0) is 12.3. The predicted octanol–water partition coefficient (Wildman–Crippen LogP) is 4.61. The molecule has 1 saturated carbocycles. The highest BCUT2D eigenvalue weighted by Crippen LogP contribution is 2.31. The number of hydrogen-bond acceptors (Lipinski definition) is 2. The highest BCUT2D eigenvalue weighted by Gasteiger charge is 2.25. The second kappa shape index (κ2) is 6.01. The molecule has 0 saturated heterocycles. The summed E-state index contributed by atoms with van der Waals surface area (Å²) in [7, 11) is 0. The Bertz CT molecular complexity index is 312. The monoisotopic (exact) mass is 251 g/mol. The quantitative estimate of drug-likeness (QED) is 0.805. The molecule has 1 heterocycles. The minimum Gasteiger partial charge on any atom is -0.306 e. The summed E-state index contributed by atoms with van der Waals surface area (Å²) >= 11 is 1.88. The maximum absolute atomic E-state index is 3.87. The lowest BCUT2D eigenvalue weighted by Crippen LogP contribution is -2.37. The molecule has 1 N–H and O–H groups in total. The Morgan fingerprint density at radius 2 is 1.94 bits per heavy atom. The molecule has 1 aromatic rings. The fraction of sp³-hybridized carbons (Fsp3) is 0.733. The van der Waals surface area contributed by atoms with E-state index in [-0.39, 0.29) is 0 Å². The van der Waals surface area contributed by atoms with Crippen molar-refractivity contribution in [3.63, 3.8) is 0 Å². The van der Waals surface area contributed by atoms with Gasteiger partial charge in [-0.05, 0) is 43.0 Å². The van der Waals surface area contributed by atoms with Gasteiger partial charge in [-0.3, -0.25) is 0 Å². The molecule has 0 amide bonds. The normalized spacial score (nSPS) is 20.9. The Balaban J connectivity index is 1.98. The second-order valence-electron chi connectivity index (χ2n) is 5.74. The van der Waals surface area contributed by atoms with E-state index >= 15 is 0 Å². The molecule has 0 aromatic carbocycles. The van der Waals surface area contributed by atoms with Gasteiger partial charge in [0, 0.05) is 17.0 Å². The lowest BCUT2D eigenvalue weighted by Gasteiger charge is -2.29. The lowest BCUT2D eigenvalue weighted by molar-refractivity contribution is 0.306.